The van der Waals surface area contributed by atoms with E-state index in [2.05, 4.69) is 47.4 Å². The number of aromatic nitrogens is 3. The molecule has 0 spiro atoms. The van der Waals surface area contributed by atoms with Gasteiger partial charge in [0.15, 0.2) is 0 Å². The third-order valence-electron chi connectivity index (χ3n) is 5.19. The normalized spacial score (nSPS) is 13.7. The molecule has 0 aliphatic heterocycles. The molecule has 3 heterocycles. The van der Waals surface area contributed by atoms with Crippen molar-refractivity contribution >= 4 is 45.1 Å². The van der Waals surface area contributed by atoms with Gasteiger partial charge in [0.25, 0.3) is 0 Å². The predicted molar refractivity (Wildman–Crippen MR) is 115 cm³/mol. The molecule has 1 aliphatic carbocycles. The molecule has 3 aromatic heterocycles. The van der Waals surface area contributed by atoms with Gasteiger partial charge in [-0.3, -0.25) is 4.98 Å². The molecule has 0 unspecified atom stereocenters. The van der Waals surface area contributed by atoms with Gasteiger partial charge in [0.2, 0.25) is 5.88 Å². The maximum Gasteiger partial charge on any atom is 0.214 e. The molecule has 0 bridgehead atoms. The highest BCUT2D eigenvalue weighted by atomic mass is 35.5. The van der Waals surface area contributed by atoms with Crippen LogP contribution in [0.4, 0.5) is 0 Å². The maximum absolute atomic E-state index is 5.88. The van der Waals surface area contributed by atoms with E-state index in [1.165, 1.54) is 10.8 Å². The van der Waals surface area contributed by atoms with Gasteiger partial charge in [-0.05, 0) is 35.7 Å². The molecular formula is C23H18ClN3O. The highest BCUT2D eigenvalue weighted by Gasteiger charge is 2.24. The fourth-order valence-corrected chi connectivity index (χ4v) is 3.73. The summed E-state index contributed by atoms with van der Waals surface area (Å²) in [6.45, 7) is 0. The number of hydrogen-bond donors (Lipinski definition) is 1. The Bertz CT molecular complexity index is 1320. The average Bonchev–Trinajstić information content (AvgIpc) is 3.45. The zero-order valence-corrected chi connectivity index (χ0v) is 15.9. The Morgan fingerprint density at radius 3 is 2.64 bits per heavy atom. The lowest BCUT2D eigenvalue weighted by Crippen LogP contribution is -1.97. The number of pyridine rings is 2. The largest absolute Gasteiger partial charge is 0.474 e. The summed E-state index contributed by atoms with van der Waals surface area (Å²) in [5.41, 5.74) is 5.03. The Labute approximate surface area is 168 Å². The summed E-state index contributed by atoms with van der Waals surface area (Å²) in [5, 5.41) is 3.48. The molecule has 1 saturated carbocycles. The van der Waals surface area contributed by atoms with Gasteiger partial charge in [-0.25, -0.2) is 4.98 Å². The molecule has 0 atom stereocenters. The summed E-state index contributed by atoms with van der Waals surface area (Å²) in [5.74, 6) is 0.703. The van der Waals surface area contributed by atoms with Crippen LogP contribution in [-0.4, -0.2) is 21.1 Å². The predicted octanol–water partition coefficient (Wildman–Crippen LogP) is 5.89. The second-order valence-corrected chi connectivity index (χ2v) is 7.10. The number of H-pyrrole nitrogens is 1. The van der Waals surface area contributed by atoms with Gasteiger partial charge < -0.3 is 9.72 Å². The zero-order valence-electron chi connectivity index (χ0n) is 15.1. The molecular weight excluding hydrogens is 370 g/mol. The first-order chi connectivity index (χ1) is 13.4. The molecule has 4 nitrogen and oxygen atoms in total. The van der Waals surface area contributed by atoms with Gasteiger partial charge in [-0.2, -0.15) is 0 Å². The van der Waals surface area contributed by atoms with Crippen molar-refractivity contribution in [2.45, 2.75) is 18.9 Å². The smallest absolute Gasteiger partial charge is 0.214 e. The number of nitrogens with one attached hydrogen (secondary N) is 1. The summed E-state index contributed by atoms with van der Waals surface area (Å²) in [4.78, 5) is 13.0. The van der Waals surface area contributed by atoms with E-state index in [1.54, 1.807) is 0 Å². The van der Waals surface area contributed by atoms with Crippen LogP contribution in [0.25, 0.3) is 44.0 Å². The van der Waals surface area contributed by atoms with Crippen molar-refractivity contribution in [3.63, 3.8) is 0 Å². The zero-order chi connectivity index (χ0) is 17.8. The molecule has 2 aromatic carbocycles. The van der Waals surface area contributed by atoms with Gasteiger partial charge in [-0.1, -0.05) is 42.5 Å². The summed E-state index contributed by atoms with van der Waals surface area (Å²) in [6, 6.07) is 20.8. The van der Waals surface area contributed by atoms with Crippen LogP contribution in [0.3, 0.4) is 0 Å². The van der Waals surface area contributed by atoms with E-state index in [0.717, 1.165) is 46.0 Å². The Kier molecular flexibility index (Phi) is 3.95. The number of nitrogens with zero attached hydrogens (tertiary/aromatic N) is 2. The molecule has 6 rings (SSSR count). The molecule has 138 valence electrons. The molecule has 28 heavy (non-hydrogen) atoms. The topological polar surface area (TPSA) is 50.8 Å². The highest BCUT2D eigenvalue weighted by Crippen LogP contribution is 2.35. The molecule has 0 amide bonds. The van der Waals surface area contributed by atoms with E-state index in [4.69, 9.17) is 14.7 Å². The monoisotopic (exact) mass is 387 g/mol. The standard InChI is InChI=1S/C23H17N3O.ClH/c1-2-6-16-14(4-1)5-3-7-17(16)22-23-18(12-13-24-22)21-19(25-23)10-11-20(26-21)27-15-8-9-15;/h1-7,10-13,15,25H,8-9H2;1H. The fourth-order valence-electron chi connectivity index (χ4n) is 3.73. The van der Waals surface area contributed by atoms with E-state index in [1.807, 2.05) is 24.4 Å². The molecule has 1 aliphatic rings. The number of rotatable bonds is 3. The summed E-state index contributed by atoms with van der Waals surface area (Å²) in [7, 11) is 0. The summed E-state index contributed by atoms with van der Waals surface area (Å²) < 4.78 is 5.88. The van der Waals surface area contributed by atoms with Crippen molar-refractivity contribution in [2.24, 2.45) is 0 Å². The molecule has 1 fully saturated rings. The lowest BCUT2D eigenvalue weighted by atomic mass is 10.0. The van der Waals surface area contributed by atoms with E-state index in [9.17, 15) is 0 Å². The quantitative estimate of drug-likeness (QED) is 0.419. The van der Waals surface area contributed by atoms with Crippen LogP contribution < -0.4 is 4.74 Å². The van der Waals surface area contributed by atoms with Crippen LogP contribution in [-0.2, 0) is 0 Å². The lowest BCUT2D eigenvalue weighted by molar-refractivity contribution is 0.292. The molecule has 0 radical (unpaired) electrons. The average molecular weight is 388 g/mol. The molecule has 5 heteroatoms. The number of aromatic amines is 1. The molecule has 1 N–H and O–H groups in total. The minimum absolute atomic E-state index is 0. The SMILES string of the molecule is Cl.c1ccc2c(-c3nccc4c3[nH]c3ccc(OC5CC5)nc34)cccc2c1. The van der Waals surface area contributed by atoms with Gasteiger partial charge in [0.05, 0.1) is 22.2 Å². The van der Waals surface area contributed by atoms with E-state index in [-0.39, 0.29) is 12.4 Å². The van der Waals surface area contributed by atoms with E-state index < -0.39 is 0 Å². The highest BCUT2D eigenvalue weighted by molar-refractivity contribution is 6.11. The number of ether oxygens (including phenoxy) is 1. The van der Waals surface area contributed by atoms with Crippen LogP contribution in [0, 0.1) is 0 Å². The fraction of sp³-hybridized carbons (Fsp3) is 0.130. The first-order valence-electron chi connectivity index (χ1n) is 9.29. The minimum Gasteiger partial charge on any atom is -0.474 e. The van der Waals surface area contributed by atoms with Crippen molar-refractivity contribution in [3.05, 3.63) is 66.9 Å². The third kappa shape index (κ3) is 2.69. The van der Waals surface area contributed by atoms with Crippen LogP contribution in [0.15, 0.2) is 66.9 Å². The van der Waals surface area contributed by atoms with Gasteiger partial charge in [0.1, 0.15) is 6.10 Å². The van der Waals surface area contributed by atoms with E-state index in [0.29, 0.717) is 12.0 Å². The van der Waals surface area contributed by atoms with Gasteiger partial charge >= 0.3 is 0 Å². The first kappa shape index (κ1) is 17.0. The van der Waals surface area contributed by atoms with Crippen LogP contribution >= 0.6 is 12.4 Å². The van der Waals surface area contributed by atoms with Crippen molar-refractivity contribution in [1.29, 1.82) is 0 Å². The maximum atomic E-state index is 5.88. The van der Waals surface area contributed by atoms with Gasteiger partial charge in [-0.15, -0.1) is 12.4 Å². The second kappa shape index (κ2) is 6.50. The summed E-state index contributed by atoms with van der Waals surface area (Å²) in [6.07, 6.45) is 4.46. The minimum atomic E-state index is 0. The van der Waals surface area contributed by atoms with Gasteiger partial charge in [0, 0.05) is 23.2 Å². The van der Waals surface area contributed by atoms with Crippen molar-refractivity contribution in [3.8, 4) is 17.1 Å². The molecule has 0 saturated heterocycles. The third-order valence-corrected chi connectivity index (χ3v) is 5.19. The van der Waals surface area contributed by atoms with Crippen LogP contribution in [0.5, 0.6) is 5.88 Å². The van der Waals surface area contributed by atoms with Crippen molar-refractivity contribution < 1.29 is 4.74 Å². The van der Waals surface area contributed by atoms with Crippen molar-refractivity contribution in [1.82, 2.24) is 15.0 Å². The number of fused-ring (bicyclic) bond motifs is 4. The Hall–Kier alpha value is -3.11. The van der Waals surface area contributed by atoms with Crippen LogP contribution in [0.2, 0.25) is 0 Å². The second-order valence-electron chi connectivity index (χ2n) is 7.10. The lowest BCUT2D eigenvalue weighted by Gasteiger charge is -2.07. The first-order valence-corrected chi connectivity index (χ1v) is 9.29. The van der Waals surface area contributed by atoms with Crippen molar-refractivity contribution in [2.75, 3.05) is 0 Å². The number of halogens is 1. The Balaban J connectivity index is 0.00000171. The number of benzene rings is 2. The number of hydrogen-bond acceptors (Lipinski definition) is 3. The summed E-state index contributed by atoms with van der Waals surface area (Å²) >= 11 is 0. The van der Waals surface area contributed by atoms with Crippen LogP contribution in [0.1, 0.15) is 12.8 Å². The molecule has 5 aromatic rings. The Morgan fingerprint density at radius 1 is 0.893 bits per heavy atom. The Morgan fingerprint density at radius 2 is 1.75 bits per heavy atom. The van der Waals surface area contributed by atoms with E-state index >= 15 is 0 Å².